The van der Waals surface area contributed by atoms with Crippen molar-refractivity contribution in [3.8, 4) is 5.75 Å². The summed E-state index contributed by atoms with van der Waals surface area (Å²) in [5.74, 6) is 2.53. The zero-order chi connectivity index (χ0) is 14.0. The highest BCUT2D eigenvalue weighted by molar-refractivity contribution is 9.10. The summed E-state index contributed by atoms with van der Waals surface area (Å²) >= 11 is 3.57. The van der Waals surface area contributed by atoms with E-state index in [1.165, 1.54) is 6.42 Å². The second-order valence-electron chi connectivity index (χ2n) is 5.98. The molecule has 1 aliphatic carbocycles. The predicted molar refractivity (Wildman–Crippen MR) is 83.3 cm³/mol. The summed E-state index contributed by atoms with van der Waals surface area (Å²) in [6.07, 6.45) is 3.95. The number of halogens is 1. The van der Waals surface area contributed by atoms with E-state index in [1.807, 2.05) is 19.1 Å². The van der Waals surface area contributed by atoms with Gasteiger partial charge in [0.05, 0.1) is 6.10 Å². The van der Waals surface area contributed by atoms with Crippen LogP contribution in [0.15, 0.2) is 22.7 Å². The average molecular weight is 326 g/mol. The Hall–Kier alpha value is -0.540. The zero-order valence-corrected chi connectivity index (χ0v) is 13.6. The molecule has 0 aliphatic heterocycles. The van der Waals surface area contributed by atoms with Gasteiger partial charge in [-0.2, -0.15) is 0 Å². The van der Waals surface area contributed by atoms with Crippen LogP contribution in [0.3, 0.4) is 0 Å². The molecule has 2 rings (SSSR count). The summed E-state index contributed by atoms with van der Waals surface area (Å²) in [5, 5.41) is 0. The number of hydrogen-bond acceptors (Lipinski definition) is 2. The van der Waals surface area contributed by atoms with Gasteiger partial charge < -0.3 is 10.5 Å². The van der Waals surface area contributed by atoms with Gasteiger partial charge in [0.1, 0.15) is 5.75 Å². The van der Waals surface area contributed by atoms with Crippen molar-refractivity contribution in [2.24, 2.45) is 17.6 Å². The van der Waals surface area contributed by atoms with E-state index in [9.17, 15) is 0 Å². The minimum atomic E-state index is 0.0407. The van der Waals surface area contributed by atoms with Crippen molar-refractivity contribution < 1.29 is 4.74 Å². The number of benzene rings is 1. The fourth-order valence-corrected chi connectivity index (χ4v) is 3.47. The summed E-state index contributed by atoms with van der Waals surface area (Å²) in [4.78, 5) is 0. The lowest BCUT2D eigenvalue weighted by Crippen LogP contribution is -2.28. The van der Waals surface area contributed by atoms with Gasteiger partial charge in [-0.25, -0.2) is 0 Å². The van der Waals surface area contributed by atoms with Crippen molar-refractivity contribution in [3.63, 3.8) is 0 Å². The molecular weight excluding hydrogens is 302 g/mol. The molecule has 1 fully saturated rings. The van der Waals surface area contributed by atoms with Gasteiger partial charge in [-0.1, -0.05) is 35.8 Å². The highest BCUT2D eigenvalue weighted by Crippen LogP contribution is 2.33. The quantitative estimate of drug-likeness (QED) is 0.876. The van der Waals surface area contributed by atoms with E-state index in [1.54, 1.807) is 0 Å². The van der Waals surface area contributed by atoms with Gasteiger partial charge in [0.2, 0.25) is 0 Å². The van der Waals surface area contributed by atoms with Crippen LogP contribution in [0.5, 0.6) is 5.75 Å². The van der Waals surface area contributed by atoms with Crippen LogP contribution in [0.25, 0.3) is 0 Å². The fourth-order valence-electron chi connectivity index (χ4n) is 2.75. The largest absolute Gasteiger partial charge is 0.490 e. The lowest BCUT2D eigenvalue weighted by Gasteiger charge is -2.32. The molecule has 4 atom stereocenters. The smallest absolute Gasteiger partial charge is 0.120 e. The Balaban J connectivity index is 2.02. The minimum Gasteiger partial charge on any atom is -0.490 e. The molecule has 2 nitrogen and oxygen atoms in total. The molecular formula is C16H24BrNO. The van der Waals surface area contributed by atoms with Gasteiger partial charge in [-0.3, -0.25) is 0 Å². The lowest BCUT2D eigenvalue weighted by molar-refractivity contribution is 0.101. The fraction of sp³-hybridized carbons (Fsp3) is 0.625. The van der Waals surface area contributed by atoms with Crippen molar-refractivity contribution in [1.82, 2.24) is 0 Å². The number of ether oxygens (including phenoxy) is 1. The SMILES string of the molecule is CC1CCC(Oc2ccc([C@@H](C)N)c(Br)c2)CC1C. The Morgan fingerprint density at radius 2 is 2.00 bits per heavy atom. The third-order valence-corrected chi connectivity index (χ3v) is 5.00. The van der Waals surface area contributed by atoms with E-state index >= 15 is 0 Å². The lowest BCUT2D eigenvalue weighted by atomic mass is 9.80. The van der Waals surface area contributed by atoms with Crippen LogP contribution in [0.1, 0.15) is 51.6 Å². The number of nitrogens with two attached hydrogens (primary N) is 1. The second-order valence-corrected chi connectivity index (χ2v) is 6.83. The monoisotopic (exact) mass is 325 g/mol. The maximum absolute atomic E-state index is 6.12. The molecule has 1 aromatic rings. The molecule has 0 amide bonds. The Labute approximate surface area is 124 Å². The Morgan fingerprint density at radius 1 is 1.26 bits per heavy atom. The van der Waals surface area contributed by atoms with Crippen LogP contribution in [-0.2, 0) is 0 Å². The maximum Gasteiger partial charge on any atom is 0.120 e. The summed E-state index contributed by atoms with van der Waals surface area (Å²) in [6.45, 7) is 6.66. The minimum absolute atomic E-state index is 0.0407. The maximum atomic E-state index is 6.12. The molecule has 19 heavy (non-hydrogen) atoms. The van der Waals surface area contributed by atoms with Gasteiger partial charge in [0.25, 0.3) is 0 Å². The van der Waals surface area contributed by atoms with Crippen LogP contribution in [0.4, 0.5) is 0 Å². The van der Waals surface area contributed by atoms with Gasteiger partial charge in [0, 0.05) is 10.5 Å². The predicted octanol–water partition coefficient (Wildman–Crippen LogP) is 4.67. The summed E-state index contributed by atoms with van der Waals surface area (Å²) in [7, 11) is 0. The molecule has 2 N–H and O–H groups in total. The third kappa shape index (κ3) is 3.73. The molecule has 0 bridgehead atoms. The van der Waals surface area contributed by atoms with E-state index in [-0.39, 0.29) is 6.04 Å². The summed E-state index contributed by atoms with van der Waals surface area (Å²) in [5.41, 5.74) is 7.03. The van der Waals surface area contributed by atoms with Crippen molar-refractivity contribution >= 4 is 15.9 Å². The first-order valence-electron chi connectivity index (χ1n) is 7.19. The number of hydrogen-bond donors (Lipinski definition) is 1. The molecule has 3 heteroatoms. The van der Waals surface area contributed by atoms with Gasteiger partial charge in [-0.05, 0) is 55.7 Å². The highest BCUT2D eigenvalue weighted by Gasteiger charge is 2.25. The molecule has 0 saturated heterocycles. The first kappa shape index (κ1) is 14.9. The Bertz CT molecular complexity index is 433. The molecule has 1 aliphatic rings. The molecule has 0 spiro atoms. The van der Waals surface area contributed by atoms with Gasteiger partial charge in [0.15, 0.2) is 0 Å². The van der Waals surface area contributed by atoms with Crippen LogP contribution < -0.4 is 10.5 Å². The molecule has 1 aromatic carbocycles. The van der Waals surface area contributed by atoms with E-state index in [4.69, 9.17) is 10.5 Å². The van der Waals surface area contributed by atoms with Crippen molar-refractivity contribution in [3.05, 3.63) is 28.2 Å². The first-order valence-corrected chi connectivity index (χ1v) is 7.98. The molecule has 0 heterocycles. The average Bonchev–Trinajstić information content (AvgIpc) is 2.33. The Morgan fingerprint density at radius 3 is 2.58 bits per heavy atom. The van der Waals surface area contributed by atoms with Crippen LogP contribution in [0.2, 0.25) is 0 Å². The van der Waals surface area contributed by atoms with E-state index < -0.39 is 0 Å². The standard InChI is InChI=1S/C16H24BrNO/c1-10-4-5-13(8-11(10)2)19-14-6-7-15(12(3)18)16(17)9-14/h6-7,9-13H,4-5,8,18H2,1-3H3/t10?,11?,12-,13?/m1/s1. The second kappa shape index (κ2) is 6.27. The zero-order valence-electron chi connectivity index (χ0n) is 12.0. The molecule has 0 radical (unpaired) electrons. The summed E-state index contributed by atoms with van der Waals surface area (Å²) in [6, 6.07) is 6.17. The highest BCUT2D eigenvalue weighted by atomic mass is 79.9. The van der Waals surface area contributed by atoms with Crippen molar-refractivity contribution in [1.29, 1.82) is 0 Å². The molecule has 0 aromatic heterocycles. The van der Waals surface area contributed by atoms with Crippen molar-refractivity contribution in [2.45, 2.75) is 52.2 Å². The summed E-state index contributed by atoms with van der Waals surface area (Å²) < 4.78 is 7.16. The third-order valence-electron chi connectivity index (χ3n) is 4.32. The van der Waals surface area contributed by atoms with E-state index in [2.05, 4.69) is 35.8 Å². The van der Waals surface area contributed by atoms with E-state index in [0.29, 0.717) is 6.10 Å². The van der Waals surface area contributed by atoms with Gasteiger partial charge >= 0.3 is 0 Å². The normalized spacial score (nSPS) is 29.0. The van der Waals surface area contributed by atoms with E-state index in [0.717, 1.165) is 40.5 Å². The van der Waals surface area contributed by atoms with Gasteiger partial charge in [-0.15, -0.1) is 0 Å². The number of rotatable bonds is 3. The molecule has 1 saturated carbocycles. The first-order chi connectivity index (χ1) is 8.97. The topological polar surface area (TPSA) is 35.2 Å². The Kier molecular flexibility index (Phi) is 4.91. The molecule has 106 valence electrons. The van der Waals surface area contributed by atoms with Crippen LogP contribution in [-0.4, -0.2) is 6.10 Å². The van der Waals surface area contributed by atoms with Crippen LogP contribution >= 0.6 is 15.9 Å². The molecule has 3 unspecified atom stereocenters. The van der Waals surface area contributed by atoms with Crippen molar-refractivity contribution in [2.75, 3.05) is 0 Å². The van der Waals surface area contributed by atoms with Crippen LogP contribution in [0, 0.1) is 11.8 Å².